The van der Waals surface area contributed by atoms with E-state index >= 15 is 0 Å². The molecule has 0 saturated carbocycles. The molecule has 19 heavy (non-hydrogen) atoms. The highest BCUT2D eigenvalue weighted by atomic mass is 79.9. The third-order valence-corrected chi connectivity index (χ3v) is 3.30. The van der Waals surface area contributed by atoms with Gasteiger partial charge < -0.3 is 11.1 Å². The van der Waals surface area contributed by atoms with Gasteiger partial charge in [0.25, 0.3) is 5.91 Å². The van der Waals surface area contributed by atoms with Crippen LogP contribution < -0.4 is 11.1 Å². The number of nitrogens with one attached hydrogen (secondary N) is 1. The van der Waals surface area contributed by atoms with Gasteiger partial charge in [-0.2, -0.15) is 0 Å². The number of rotatable bonds is 2. The molecule has 1 heterocycles. The average molecular weight is 345 g/mol. The minimum atomic E-state index is -0.544. The molecule has 1 amide bonds. The molecule has 0 spiro atoms. The lowest BCUT2D eigenvalue weighted by molar-refractivity contribution is 0.102. The monoisotopic (exact) mass is 343 g/mol. The molecule has 0 unspecified atom stereocenters. The third kappa shape index (κ3) is 3.02. The number of hydrogen-bond acceptors (Lipinski definition) is 3. The highest BCUT2D eigenvalue weighted by Crippen LogP contribution is 2.26. The fraction of sp³-hybridized carbons (Fsp3) is 0. The molecule has 0 aliphatic carbocycles. The van der Waals surface area contributed by atoms with Crippen molar-refractivity contribution >= 4 is 44.9 Å². The van der Waals surface area contributed by atoms with Gasteiger partial charge >= 0.3 is 0 Å². The van der Waals surface area contributed by atoms with E-state index in [9.17, 15) is 9.18 Å². The Hall–Kier alpha value is -1.66. The lowest BCUT2D eigenvalue weighted by Crippen LogP contribution is -2.14. The summed E-state index contributed by atoms with van der Waals surface area (Å²) in [4.78, 5) is 15.7. The van der Waals surface area contributed by atoms with E-state index in [4.69, 9.17) is 17.3 Å². The number of benzene rings is 1. The normalized spacial score (nSPS) is 10.3. The van der Waals surface area contributed by atoms with Crippen molar-refractivity contribution in [3.63, 3.8) is 0 Å². The van der Waals surface area contributed by atoms with Crippen molar-refractivity contribution in [2.24, 2.45) is 0 Å². The van der Waals surface area contributed by atoms with Crippen LogP contribution in [0.15, 0.2) is 34.9 Å². The van der Waals surface area contributed by atoms with Crippen LogP contribution in [0.3, 0.4) is 0 Å². The summed E-state index contributed by atoms with van der Waals surface area (Å²) in [5.41, 5.74) is 5.69. The number of hydrogen-bond donors (Lipinski definition) is 2. The van der Waals surface area contributed by atoms with Crippen LogP contribution in [0.25, 0.3) is 0 Å². The van der Waals surface area contributed by atoms with Crippen LogP contribution in [0.4, 0.5) is 15.9 Å². The number of amides is 1. The molecule has 0 aliphatic heterocycles. The number of nitrogens with two attached hydrogens (primary N) is 1. The predicted molar refractivity (Wildman–Crippen MR) is 75.7 cm³/mol. The molecule has 7 heteroatoms. The number of carbonyl (C=O) groups is 1. The van der Waals surface area contributed by atoms with Crippen molar-refractivity contribution in [1.29, 1.82) is 0 Å². The summed E-state index contributed by atoms with van der Waals surface area (Å²) in [6, 6.07) is 5.76. The first kappa shape index (κ1) is 13.8. The van der Waals surface area contributed by atoms with Crippen LogP contribution in [0.1, 0.15) is 10.4 Å². The largest absolute Gasteiger partial charge is 0.382 e. The fourth-order valence-corrected chi connectivity index (χ4v) is 1.98. The summed E-state index contributed by atoms with van der Waals surface area (Å²) in [7, 11) is 0. The maximum atomic E-state index is 13.6. The van der Waals surface area contributed by atoms with E-state index in [0.29, 0.717) is 4.47 Å². The molecule has 0 radical (unpaired) electrons. The summed E-state index contributed by atoms with van der Waals surface area (Å²) in [6.45, 7) is 0. The summed E-state index contributed by atoms with van der Waals surface area (Å²) in [5.74, 6) is -0.942. The first-order valence-electron chi connectivity index (χ1n) is 5.15. The molecule has 2 aromatic rings. The summed E-state index contributed by atoms with van der Waals surface area (Å²) < 4.78 is 14.0. The second-order valence-electron chi connectivity index (χ2n) is 3.64. The van der Waals surface area contributed by atoms with Crippen molar-refractivity contribution in [3.05, 3.63) is 51.3 Å². The van der Waals surface area contributed by atoms with Crippen LogP contribution in [0.2, 0.25) is 5.02 Å². The summed E-state index contributed by atoms with van der Waals surface area (Å²) >= 11 is 8.93. The molecular formula is C12H8BrClFN3O. The van der Waals surface area contributed by atoms with Gasteiger partial charge in [-0.15, -0.1) is 0 Å². The lowest BCUT2D eigenvalue weighted by Gasteiger charge is -2.08. The van der Waals surface area contributed by atoms with E-state index in [1.165, 1.54) is 24.4 Å². The van der Waals surface area contributed by atoms with E-state index < -0.39 is 11.7 Å². The number of nitrogens with zero attached hydrogens (tertiary/aromatic N) is 1. The molecule has 3 N–H and O–H groups in total. The predicted octanol–water partition coefficient (Wildman–Crippen LogP) is 3.47. The van der Waals surface area contributed by atoms with Crippen LogP contribution in [0.5, 0.6) is 0 Å². The number of halogens is 3. The SMILES string of the molecule is Nc1ncc(C(=O)Nc2c(F)cccc2Br)cc1Cl. The minimum absolute atomic E-state index is 0.0560. The van der Waals surface area contributed by atoms with Gasteiger partial charge in [0.05, 0.1) is 16.3 Å². The Kier molecular flexibility index (Phi) is 4.01. The molecule has 0 saturated heterocycles. The quantitative estimate of drug-likeness (QED) is 0.876. The Morgan fingerprint density at radius 3 is 2.84 bits per heavy atom. The third-order valence-electron chi connectivity index (χ3n) is 2.33. The number of pyridine rings is 1. The van der Waals surface area contributed by atoms with Crippen molar-refractivity contribution in [1.82, 2.24) is 4.98 Å². The van der Waals surface area contributed by atoms with E-state index in [1.54, 1.807) is 6.07 Å². The number of para-hydroxylation sites is 1. The average Bonchev–Trinajstić information content (AvgIpc) is 2.37. The molecule has 1 aromatic carbocycles. The van der Waals surface area contributed by atoms with Gasteiger partial charge in [0, 0.05) is 10.7 Å². The number of nitrogen functional groups attached to an aromatic ring is 1. The molecule has 0 fully saturated rings. The van der Waals surface area contributed by atoms with E-state index in [2.05, 4.69) is 26.2 Å². The Balaban J connectivity index is 2.28. The molecular weight excluding hydrogens is 337 g/mol. The second-order valence-corrected chi connectivity index (χ2v) is 4.90. The van der Waals surface area contributed by atoms with Crippen LogP contribution in [-0.4, -0.2) is 10.9 Å². The Bertz CT molecular complexity index is 631. The minimum Gasteiger partial charge on any atom is -0.382 e. The van der Waals surface area contributed by atoms with Gasteiger partial charge in [0.2, 0.25) is 0 Å². The zero-order valence-corrected chi connectivity index (χ0v) is 11.8. The van der Waals surface area contributed by atoms with Gasteiger partial charge in [-0.3, -0.25) is 4.79 Å². The molecule has 0 atom stereocenters. The van der Waals surface area contributed by atoms with Gasteiger partial charge in [-0.1, -0.05) is 17.7 Å². The van der Waals surface area contributed by atoms with Gasteiger partial charge in [-0.25, -0.2) is 9.37 Å². The summed E-state index contributed by atoms with van der Waals surface area (Å²) in [5, 5.41) is 2.61. The Labute approximate surface area is 121 Å². The standard InChI is InChI=1S/C12H8BrClFN3O/c13-7-2-1-3-9(15)10(7)18-12(19)6-4-8(14)11(16)17-5-6/h1-5H,(H2,16,17)(H,18,19). The zero-order chi connectivity index (χ0) is 14.0. The zero-order valence-electron chi connectivity index (χ0n) is 9.45. The maximum absolute atomic E-state index is 13.6. The fourth-order valence-electron chi connectivity index (χ4n) is 1.38. The highest BCUT2D eigenvalue weighted by Gasteiger charge is 2.13. The van der Waals surface area contributed by atoms with Crippen molar-refractivity contribution in [2.45, 2.75) is 0 Å². The molecule has 1 aromatic heterocycles. The first-order chi connectivity index (χ1) is 8.99. The van der Waals surface area contributed by atoms with Crippen LogP contribution in [-0.2, 0) is 0 Å². The molecule has 4 nitrogen and oxygen atoms in total. The van der Waals surface area contributed by atoms with Crippen LogP contribution >= 0.6 is 27.5 Å². The highest BCUT2D eigenvalue weighted by molar-refractivity contribution is 9.10. The molecule has 0 aliphatic rings. The van der Waals surface area contributed by atoms with E-state index in [0.717, 1.165) is 0 Å². The van der Waals surface area contributed by atoms with E-state index in [-0.39, 0.29) is 22.1 Å². The topological polar surface area (TPSA) is 68.0 Å². The first-order valence-corrected chi connectivity index (χ1v) is 6.32. The van der Waals surface area contributed by atoms with Crippen molar-refractivity contribution < 1.29 is 9.18 Å². The molecule has 98 valence electrons. The summed E-state index contributed by atoms with van der Waals surface area (Å²) in [6.07, 6.45) is 1.27. The molecule has 0 bridgehead atoms. The number of aromatic nitrogens is 1. The Morgan fingerprint density at radius 2 is 2.21 bits per heavy atom. The van der Waals surface area contributed by atoms with E-state index in [1.807, 2.05) is 0 Å². The number of carbonyl (C=O) groups excluding carboxylic acids is 1. The van der Waals surface area contributed by atoms with Crippen molar-refractivity contribution in [3.8, 4) is 0 Å². The maximum Gasteiger partial charge on any atom is 0.257 e. The van der Waals surface area contributed by atoms with Gasteiger partial charge in [-0.05, 0) is 34.1 Å². The van der Waals surface area contributed by atoms with Crippen LogP contribution in [0, 0.1) is 5.82 Å². The number of anilines is 2. The van der Waals surface area contributed by atoms with Gasteiger partial charge in [0.1, 0.15) is 11.6 Å². The van der Waals surface area contributed by atoms with Gasteiger partial charge in [0.15, 0.2) is 0 Å². The smallest absolute Gasteiger partial charge is 0.257 e. The van der Waals surface area contributed by atoms with Crippen molar-refractivity contribution in [2.75, 3.05) is 11.1 Å². The lowest BCUT2D eigenvalue weighted by atomic mass is 10.2. The second kappa shape index (κ2) is 5.54. The molecule has 2 rings (SSSR count). The Morgan fingerprint density at radius 1 is 1.47 bits per heavy atom.